The SMILES string of the molecule is COc1ccc(CN2C(=O)c3c(ccc(OC)c3OC)C2Sc2ccccc2)cc1. The Morgan fingerprint density at radius 3 is 2.23 bits per heavy atom. The third-order valence-electron chi connectivity index (χ3n) is 5.10. The fraction of sp³-hybridized carbons (Fsp3) is 0.208. The van der Waals surface area contributed by atoms with E-state index in [0.29, 0.717) is 23.6 Å². The average Bonchev–Trinajstić information content (AvgIpc) is 3.05. The summed E-state index contributed by atoms with van der Waals surface area (Å²) in [5.74, 6) is 1.76. The smallest absolute Gasteiger partial charge is 0.259 e. The summed E-state index contributed by atoms with van der Waals surface area (Å²) in [7, 11) is 4.79. The molecule has 0 saturated carbocycles. The maximum atomic E-state index is 13.5. The normalized spacial score (nSPS) is 15.1. The zero-order valence-electron chi connectivity index (χ0n) is 17.1. The van der Waals surface area contributed by atoms with E-state index in [-0.39, 0.29) is 11.3 Å². The first kappa shape index (κ1) is 20.2. The van der Waals surface area contributed by atoms with Crippen molar-refractivity contribution in [2.24, 2.45) is 0 Å². The predicted octanol–water partition coefficient (Wildman–Crippen LogP) is 5.16. The van der Waals surface area contributed by atoms with Gasteiger partial charge in [0.1, 0.15) is 11.1 Å². The Bertz CT molecular complexity index is 1040. The molecule has 154 valence electrons. The van der Waals surface area contributed by atoms with Crippen LogP contribution in [0.5, 0.6) is 17.2 Å². The van der Waals surface area contributed by atoms with E-state index < -0.39 is 0 Å². The highest BCUT2D eigenvalue weighted by atomic mass is 32.2. The summed E-state index contributed by atoms with van der Waals surface area (Å²) in [6, 6.07) is 21.7. The number of carbonyl (C=O) groups is 1. The molecule has 0 radical (unpaired) electrons. The lowest BCUT2D eigenvalue weighted by molar-refractivity contribution is 0.0759. The quantitative estimate of drug-likeness (QED) is 0.527. The first-order chi connectivity index (χ1) is 14.7. The molecule has 1 aliphatic heterocycles. The minimum absolute atomic E-state index is 0.0648. The highest BCUT2D eigenvalue weighted by Crippen LogP contribution is 2.50. The van der Waals surface area contributed by atoms with Gasteiger partial charge in [0.05, 0.1) is 26.9 Å². The number of methoxy groups -OCH3 is 3. The summed E-state index contributed by atoms with van der Waals surface area (Å²) < 4.78 is 16.3. The van der Waals surface area contributed by atoms with Gasteiger partial charge in [-0.3, -0.25) is 4.79 Å². The maximum Gasteiger partial charge on any atom is 0.259 e. The number of nitrogens with zero attached hydrogens (tertiary/aromatic N) is 1. The molecule has 0 spiro atoms. The van der Waals surface area contributed by atoms with Gasteiger partial charge in [0.2, 0.25) is 0 Å². The molecular formula is C24H23NO4S. The Morgan fingerprint density at radius 1 is 0.867 bits per heavy atom. The van der Waals surface area contributed by atoms with Crippen molar-refractivity contribution in [3.63, 3.8) is 0 Å². The van der Waals surface area contributed by atoms with Gasteiger partial charge < -0.3 is 19.1 Å². The van der Waals surface area contributed by atoms with Crippen molar-refractivity contribution in [1.82, 2.24) is 4.90 Å². The number of thioether (sulfide) groups is 1. The number of amides is 1. The van der Waals surface area contributed by atoms with Crippen LogP contribution in [0.15, 0.2) is 71.6 Å². The minimum Gasteiger partial charge on any atom is -0.497 e. The van der Waals surface area contributed by atoms with Gasteiger partial charge in [0.15, 0.2) is 11.5 Å². The van der Waals surface area contributed by atoms with Crippen LogP contribution in [0.3, 0.4) is 0 Å². The molecule has 0 aliphatic carbocycles. The molecule has 0 fully saturated rings. The number of benzene rings is 3. The molecule has 0 aromatic heterocycles. The number of carbonyl (C=O) groups excluding carboxylic acids is 1. The summed E-state index contributed by atoms with van der Waals surface area (Å²) in [5.41, 5.74) is 2.53. The Labute approximate surface area is 180 Å². The van der Waals surface area contributed by atoms with Gasteiger partial charge in [-0.1, -0.05) is 48.2 Å². The number of hydrogen-bond acceptors (Lipinski definition) is 5. The topological polar surface area (TPSA) is 48.0 Å². The van der Waals surface area contributed by atoms with Crippen molar-refractivity contribution < 1.29 is 19.0 Å². The van der Waals surface area contributed by atoms with E-state index in [1.807, 2.05) is 59.5 Å². The van der Waals surface area contributed by atoms with Crippen LogP contribution in [0.1, 0.15) is 26.9 Å². The molecule has 1 amide bonds. The predicted molar refractivity (Wildman–Crippen MR) is 117 cm³/mol. The lowest BCUT2D eigenvalue weighted by Crippen LogP contribution is -2.26. The summed E-state index contributed by atoms with van der Waals surface area (Å²) >= 11 is 1.65. The van der Waals surface area contributed by atoms with Crippen LogP contribution in [0, 0.1) is 0 Å². The van der Waals surface area contributed by atoms with Gasteiger partial charge in [0, 0.05) is 17.0 Å². The first-order valence-electron chi connectivity index (χ1n) is 9.56. The van der Waals surface area contributed by atoms with E-state index >= 15 is 0 Å². The molecule has 30 heavy (non-hydrogen) atoms. The molecule has 1 heterocycles. The lowest BCUT2D eigenvalue weighted by Gasteiger charge is -2.25. The molecular weight excluding hydrogens is 398 g/mol. The number of rotatable bonds is 7. The zero-order valence-corrected chi connectivity index (χ0v) is 17.9. The van der Waals surface area contributed by atoms with Crippen LogP contribution in [0.25, 0.3) is 0 Å². The van der Waals surface area contributed by atoms with Crippen LogP contribution in [0.2, 0.25) is 0 Å². The van der Waals surface area contributed by atoms with Crippen molar-refractivity contribution in [3.05, 3.63) is 83.4 Å². The van der Waals surface area contributed by atoms with Gasteiger partial charge in [-0.2, -0.15) is 0 Å². The molecule has 0 bridgehead atoms. The molecule has 0 N–H and O–H groups in total. The summed E-state index contributed by atoms with van der Waals surface area (Å²) in [6.07, 6.45) is 0. The molecule has 5 nitrogen and oxygen atoms in total. The molecule has 3 aromatic rings. The van der Waals surface area contributed by atoms with Gasteiger partial charge in [-0.15, -0.1) is 0 Å². The Morgan fingerprint density at radius 2 is 1.60 bits per heavy atom. The van der Waals surface area contributed by atoms with Gasteiger partial charge in [-0.05, 0) is 35.9 Å². The minimum atomic E-state index is -0.170. The zero-order chi connectivity index (χ0) is 21.1. The average molecular weight is 422 g/mol. The van der Waals surface area contributed by atoms with Crippen molar-refractivity contribution >= 4 is 17.7 Å². The van der Waals surface area contributed by atoms with Gasteiger partial charge in [-0.25, -0.2) is 0 Å². The van der Waals surface area contributed by atoms with E-state index in [1.54, 1.807) is 33.1 Å². The fourth-order valence-corrected chi connectivity index (χ4v) is 4.82. The van der Waals surface area contributed by atoms with E-state index in [9.17, 15) is 4.79 Å². The van der Waals surface area contributed by atoms with Crippen molar-refractivity contribution in [2.75, 3.05) is 21.3 Å². The Hall–Kier alpha value is -3.12. The third kappa shape index (κ3) is 3.71. The molecule has 6 heteroatoms. The van der Waals surface area contributed by atoms with Crippen LogP contribution in [-0.2, 0) is 6.54 Å². The second-order valence-electron chi connectivity index (χ2n) is 6.83. The van der Waals surface area contributed by atoms with E-state index in [4.69, 9.17) is 14.2 Å². The largest absolute Gasteiger partial charge is 0.497 e. The van der Waals surface area contributed by atoms with Gasteiger partial charge in [0.25, 0.3) is 5.91 Å². The second-order valence-corrected chi connectivity index (χ2v) is 7.98. The lowest BCUT2D eigenvalue weighted by atomic mass is 10.1. The van der Waals surface area contributed by atoms with Crippen LogP contribution < -0.4 is 14.2 Å². The monoisotopic (exact) mass is 421 g/mol. The number of fused-ring (bicyclic) bond motifs is 1. The van der Waals surface area contributed by atoms with Gasteiger partial charge >= 0.3 is 0 Å². The Balaban J connectivity index is 1.75. The van der Waals surface area contributed by atoms with Crippen molar-refractivity contribution in [2.45, 2.75) is 16.8 Å². The standard InChI is InChI=1S/C24H23NO4S/c1-27-17-11-9-16(10-12-17)15-25-23(26)21-19(13-14-20(28-2)22(21)29-3)24(25)30-18-7-5-4-6-8-18/h4-14,24H,15H2,1-3H3. The highest BCUT2D eigenvalue weighted by molar-refractivity contribution is 7.99. The van der Waals surface area contributed by atoms with Crippen molar-refractivity contribution in [1.29, 1.82) is 0 Å². The molecule has 0 saturated heterocycles. The summed E-state index contributed by atoms with van der Waals surface area (Å²) in [4.78, 5) is 16.5. The molecule has 4 rings (SSSR count). The Kier molecular flexibility index (Phi) is 5.86. The van der Waals surface area contributed by atoms with E-state index in [2.05, 4.69) is 12.1 Å². The summed E-state index contributed by atoms with van der Waals surface area (Å²) in [6.45, 7) is 0.480. The van der Waals surface area contributed by atoms with Crippen LogP contribution in [-0.4, -0.2) is 32.1 Å². The highest BCUT2D eigenvalue weighted by Gasteiger charge is 2.40. The molecule has 1 unspecified atom stereocenters. The number of hydrogen-bond donors (Lipinski definition) is 0. The third-order valence-corrected chi connectivity index (χ3v) is 6.38. The van der Waals surface area contributed by atoms with E-state index in [1.165, 1.54) is 0 Å². The van der Waals surface area contributed by atoms with E-state index in [0.717, 1.165) is 21.8 Å². The second kappa shape index (κ2) is 8.71. The maximum absolute atomic E-state index is 13.5. The van der Waals surface area contributed by atoms with Crippen LogP contribution in [0.4, 0.5) is 0 Å². The fourth-order valence-electron chi connectivity index (χ4n) is 3.62. The molecule has 3 aromatic carbocycles. The van der Waals surface area contributed by atoms with Crippen molar-refractivity contribution in [3.8, 4) is 17.2 Å². The first-order valence-corrected chi connectivity index (χ1v) is 10.4. The van der Waals surface area contributed by atoms with Crippen LogP contribution >= 0.6 is 11.8 Å². The summed E-state index contributed by atoms with van der Waals surface area (Å²) in [5, 5.41) is -0.170. The number of ether oxygens (including phenoxy) is 3. The molecule has 1 atom stereocenters. The molecule has 1 aliphatic rings.